The highest BCUT2D eigenvalue weighted by atomic mass is 19.4. The lowest BCUT2D eigenvalue weighted by Crippen LogP contribution is -2.30. The first-order chi connectivity index (χ1) is 8.43. The minimum atomic E-state index is -4.37. The maximum absolute atomic E-state index is 12.8. The predicted octanol–water partition coefficient (Wildman–Crippen LogP) is 3.07. The van der Waals surface area contributed by atoms with Crippen LogP contribution in [-0.2, 0) is 14.9 Å². The first-order valence-electron chi connectivity index (χ1n) is 5.72. The third-order valence-corrected chi connectivity index (χ3v) is 3.28. The fourth-order valence-corrected chi connectivity index (χ4v) is 2.32. The molecule has 0 heterocycles. The fraction of sp³-hybridized carbons (Fsp3) is 0.462. The Morgan fingerprint density at radius 3 is 2.44 bits per heavy atom. The van der Waals surface area contributed by atoms with E-state index in [1.807, 2.05) is 0 Å². The van der Waals surface area contributed by atoms with Crippen molar-refractivity contribution in [1.82, 2.24) is 0 Å². The van der Waals surface area contributed by atoms with E-state index in [-0.39, 0.29) is 13.0 Å². The zero-order chi connectivity index (χ0) is 13.4. The molecule has 0 saturated heterocycles. The molecule has 0 bridgehead atoms. The van der Waals surface area contributed by atoms with E-state index in [0.29, 0.717) is 5.56 Å². The summed E-state index contributed by atoms with van der Waals surface area (Å²) in [6, 6.07) is 8.04. The maximum Gasteiger partial charge on any atom is 0.393 e. The predicted molar refractivity (Wildman–Crippen MR) is 58.9 cm³/mol. The number of hydrogen-bond donors (Lipinski definition) is 0. The summed E-state index contributed by atoms with van der Waals surface area (Å²) in [5.74, 6) is -2.41. The quantitative estimate of drug-likeness (QED) is 0.779. The number of rotatable bonds is 3. The van der Waals surface area contributed by atoms with Gasteiger partial charge in [0.05, 0.1) is 12.5 Å². The molecular weight excluding hydrogens is 245 g/mol. The number of ether oxygens (including phenoxy) is 1. The Labute approximate surface area is 103 Å². The lowest BCUT2D eigenvalue weighted by molar-refractivity contribution is -0.165. The number of hydrogen-bond acceptors (Lipinski definition) is 2. The topological polar surface area (TPSA) is 26.3 Å². The number of carbonyl (C=O) groups excluding carboxylic acids is 1. The normalized spacial score (nSPS) is 26.8. The van der Waals surface area contributed by atoms with Gasteiger partial charge in [-0.3, -0.25) is 4.79 Å². The van der Waals surface area contributed by atoms with Gasteiger partial charge in [0, 0.05) is 0 Å². The first kappa shape index (κ1) is 12.9. The molecule has 0 radical (unpaired) electrons. The second kappa shape index (κ2) is 4.30. The van der Waals surface area contributed by atoms with E-state index in [4.69, 9.17) is 4.74 Å². The van der Waals surface area contributed by atoms with Crippen molar-refractivity contribution in [2.45, 2.75) is 24.9 Å². The molecule has 2 atom stereocenters. The van der Waals surface area contributed by atoms with Crippen molar-refractivity contribution < 1.29 is 22.7 Å². The molecule has 1 aliphatic rings. The second-order valence-corrected chi connectivity index (χ2v) is 4.36. The van der Waals surface area contributed by atoms with Crippen LogP contribution in [0.5, 0.6) is 0 Å². The highest BCUT2D eigenvalue weighted by molar-refractivity contribution is 5.87. The number of alkyl halides is 3. The third-order valence-electron chi connectivity index (χ3n) is 3.28. The van der Waals surface area contributed by atoms with Gasteiger partial charge in [0.25, 0.3) is 0 Å². The average Bonchev–Trinajstić information content (AvgIpc) is 3.07. The van der Waals surface area contributed by atoms with Gasteiger partial charge >= 0.3 is 12.1 Å². The molecule has 5 heteroatoms. The minimum Gasteiger partial charge on any atom is -0.465 e. The molecule has 0 spiro atoms. The Morgan fingerprint density at radius 1 is 1.39 bits per heavy atom. The first-order valence-corrected chi connectivity index (χ1v) is 5.72. The van der Waals surface area contributed by atoms with Crippen LogP contribution in [-0.4, -0.2) is 18.8 Å². The van der Waals surface area contributed by atoms with Gasteiger partial charge in [-0.1, -0.05) is 30.3 Å². The van der Waals surface area contributed by atoms with Gasteiger partial charge in [0.1, 0.15) is 5.41 Å². The Hall–Kier alpha value is -1.52. The van der Waals surface area contributed by atoms with Crippen LogP contribution in [0.1, 0.15) is 18.9 Å². The molecule has 1 aromatic carbocycles. The van der Waals surface area contributed by atoms with Crippen LogP contribution in [0.2, 0.25) is 0 Å². The van der Waals surface area contributed by atoms with E-state index < -0.39 is 23.5 Å². The van der Waals surface area contributed by atoms with Crippen LogP contribution in [0.4, 0.5) is 13.2 Å². The molecule has 0 amide bonds. The zero-order valence-corrected chi connectivity index (χ0v) is 9.83. The Balaban J connectivity index is 2.36. The summed E-state index contributed by atoms with van der Waals surface area (Å²) in [5.41, 5.74) is -1.15. The Morgan fingerprint density at radius 2 is 2.00 bits per heavy atom. The smallest absolute Gasteiger partial charge is 0.393 e. The van der Waals surface area contributed by atoms with Crippen LogP contribution in [0.3, 0.4) is 0 Å². The molecule has 0 aliphatic heterocycles. The van der Waals surface area contributed by atoms with Crippen molar-refractivity contribution >= 4 is 5.97 Å². The number of benzene rings is 1. The van der Waals surface area contributed by atoms with Gasteiger partial charge in [-0.15, -0.1) is 0 Å². The average molecular weight is 258 g/mol. The summed E-state index contributed by atoms with van der Waals surface area (Å²) >= 11 is 0. The van der Waals surface area contributed by atoms with Crippen molar-refractivity contribution in [2.24, 2.45) is 5.92 Å². The number of carbonyl (C=O) groups is 1. The molecule has 2 nitrogen and oxygen atoms in total. The van der Waals surface area contributed by atoms with Crippen LogP contribution in [0.15, 0.2) is 30.3 Å². The lowest BCUT2D eigenvalue weighted by Gasteiger charge is -2.17. The molecule has 2 rings (SSSR count). The summed E-state index contributed by atoms with van der Waals surface area (Å²) in [6.07, 6.45) is -4.60. The van der Waals surface area contributed by atoms with Crippen LogP contribution in [0, 0.1) is 5.92 Å². The maximum atomic E-state index is 12.8. The summed E-state index contributed by atoms with van der Waals surface area (Å²) in [7, 11) is 0. The van der Waals surface area contributed by atoms with Gasteiger partial charge in [-0.2, -0.15) is 13.2 Å². The molecule has 18 heavy (non-hydrogen) atoms. The summed E-state index contributed by atoms with van der Waals surface area (Å²) in [5, 5.41) is 0. The van der Waals surface area contributed by atoms with Crippen LogP contribution in [0.25, 0.3) is 0 Å². The van der Waals surface area contributed by atoms with Crippen molar-refractivity contribution in [3.8, 4) is 0 Å². The van der Waals surface area contributed by atoms with Gasteiger partial charge < -0.3 is 4.74 Å². The monoisotopic (exact) mass is 258 g/mol. The van der Waals surface area contributed by atoms with Crippen LogP contribution < -0.4 is 0 Å². The molecule has 1 fully saturated rings. The largest absolute Gasteiger partial charge is 0.465 e. The van der Waals surface area contributed by atoms with E-state index in [9.17, 15) is 18.0 Å². The lowest BCUT2D eigenvalue weighted by atomic mass is 9.93. The minimum absolute atomic E-state index is 0.0813. The number of halogens is 3. The third kappa shape index (κ3) is 1.98. The van der Waals surface area contributed by atoms with Crippen molar-refractivity contribution in [3.05, 3.63) is 35.9 Å². The molecule has 1 aliphatic carbocycles. The molecular formula is C13H13F3O2. The van der Waals surface area contributed by atoms with E-state index in [1.165, 1.54) is 0 Å². The van der Waals surface area contributed by atoms with Gasteiger partial charge in [-0.05, 0) is 18.9 Å². The highest BCUT2D eigenvalue weighted by Gasteiger charge is 2.72. The zero-order valence-electron chi connectivity index (χ0n) is 9.83. The molecule has 1 saturated carbocycles. The van der Waals surface area contributed by atoms with E-state index >= 15 is 0 Å². The second-order valence-electron chi connectivity index (χ2n) is 4.36. The summed E-state index contributed by atoms with van der Waals surface area (Å²) < 4.78 is 43.3. The van der Waals surface area contributed by atoms with Crippen molar-refractivity contribution in [2.75, 3.05) is 6.61 Å². The molecule has 0 aromatic heterocycles. The standard InChI is InChI=1S/C13H13F3O2/c1-2-18-11(17)12(8-10(12)13(14,15)16)9-6-4-3-5-7-9/h3-7,10H,2,8H2,1H3. The molecule has 0 N–H and O–H groups in total. The van der Waals surface area contributed by atoms with E-state index in [2.05, 4.69) is 0 Å². The molecule has 2 unspecified atom stereocenters. The Kier molecular flexibility index (Phi) is 3.09. The summed E-state index contributed by atoms with van der Waals surface area (Å²) in [4.78, 5) is 11.9. The van der Waals surface area contributed by atoms with Crippen molar-refractivity contribution in [1.29, 1.82) is 0 Å². The van der Waals surface area contributed by atoms with E-state index in [0.717, 1.165) is 0 Å². The van der Waals surface area contributed by atoms with Crippen molar-refractivity contribution in [3.63, 3.8) is 0 Å². The SMILES string of the molecule is CCOC(=O)C1(c2ccccc2)CC1C(F)(F)F. The Bertz CT molecular complexity index is 441. The van der Waals surface area contributed by atoms with Gasteiger partial charge in [0.2, 0.25) is 0 Å². The molecule has 98 valence electrons. The van der Waals surface area contributed by atoms with Crippen LogP contribution >= 0.6 is 0 Å². The van der Waals surface area contributed by atoms with E-state index in [1.54, 1.807) is 37.3 Å². The fourth-order valence-electron chi connectivity index (χ4n) is 2.32. The summed E-state index contributed by atoms with van der Waals surface area (Å²) in [6.45, 7) is 1.67. The molecule has 1 aromatic rings. The van der Waals surface area contributed by atoms with Gasteiger partial charge in [-0.25, -0.2) is 0 Å². The highest BCUT2D eigenvalue weighted by Crippen LogP contribution is 2.61. The van der Waals surface area contributed by atoms with Gasteiger partial charge in [0.15, 0.2) is 0 Å². The number of esters is 1.